The molecular formula is C14H15ClN2O3S. The highest BCUT2D eigenvalue weighted by molar-refractivity contribution is 7.92. The van der Waals surface area contributed by atoms with Gasteiger partial charge in [0.1, 0.15) is 10.6 Å². The molecule has 0 unspecified atom stereocenters. The number of hydrogen-bond acceptors (Lipinski definition) is 4. The number of nitrogens with one attached hydrogen (secondary N) is 1. The number of halogens is 1. The summed E-state index contributed by atoms with van der Waals surface area (Å²) in [6, 6.07) is 9.35. The van der Waals surface area contributed by atoms with Gasteiger partial charge in [0.2, 0.25) is 0 Å². The Kier molecular flexibility index (Phi) is 4.29. The number of methoxy groups -OCH3 is 1. The van der Waals surface area contributed by atoms with Gasteiger partial charge in [-0.3, -0.25) is 4.72 Å². The lowest BCUT2D eigenvalue weighted by Gasteiger charge is -2.13. The molecule has 0 bridgehead atoms. The molecule has 0 saturated heterocycles. The van der Waals surface area contributed by atoms with Gasteiger partial charge in [-0.2, -0.15) is 0 Å². The molecule has 2 aromatic rings. The average Bonchev–Trinajstić information content (AvgIpc) is 2.43. The van der Waals surface area contributed by atoms with E-state index < -0.39 is 10.0 Å². The van der Waals surface area contributed by atoms with Crippen molar-refractivity contribution < 1.29 is 13.2 Å². The van der Waals surface area contributed by atoms with Crippen LogP contribution in [0.25, 0.3) is 0 Å². The van der Waals surface area contributed by atoms with Crippen LogP contribution in [-0.4, -0.2) is 15.5 Å². The number of rotatable bonds is 4. The van der Waals surface area contributed by atoms with Crippen LogP contribution < -0.4 is 15.2 Å². The van der Waals surface area contributed by atoms with E-state index in [2.05, 4.69) is 4.72 Å². The highest BCUT2D eigenvalue weighted by Gasteiger charge is 2.19. The molecule has 0 aliphatic heterocycles. The Labute approximate surface area is 128 Å². The predicted octanol–water partition coefficient (Wildman–Crippen LogP) is 3.04. The molecule has 21 heavy (non-hydrogen) atoms. The topological polar surface area (TPSA) is 81.4 Å². The lowest BCUT2D eigenvalue weighted by atomic mass is 10.2. The summed E-state index contributed by atoms with van der Waals surface area (Å²) in [6.07, 6.45) is 0. The molecule has 0 spiro atoms. The molecule has 0 amide bonds. The molecule has 3 N–H and O–H groups in total. The van der Waals surface area contributed by atoms with E-state index >= 15 is 0 Å². The Balaban J connectivity index is 2.40. The second-order valence-electron chi connectivity index (χ2n) is 4.47. The molecule has 0 aliphatic rings. The molecular weight excluding hydrogens is 312 g/mol. The van der Waals surface area contributed by atoms with Gasteiger partial charge in [-0.15, -0.1) is 0 Å². The first-order valence-electron chi connectivity index (χ1n) is 6.06. The minimum atomic E-state index is -3.81. The first-order valence-corrected chi connectivity index (χ1v) is 7.92. The van der Waals surface area contributed by atoms with Crippen LogP contribution in [0.4, 0.5) is 11.4 Å². The highest BCUT2D eigenvalue weighted by atomic mass is 35.5. The van der Waals surface area contributed by atoms with Crippen LogP contribution in [0.2, 0.25) is 5.02 Å². The second kappa shape index (κ2) is 5.83. The van der Waals surface area contributed by atoms with Gasteiger partial charge in [0.05, 0.1) is 18.5 Å². The summed E-state index contributed by atoms with van der Waals surface area (Å²) in [7, 11) is -2.26. The quantitative estimate of drug-likeness (QED) is 0.846. The molecule has 5 nitrogen and oxygen atoms in total. The Morgan fingerprint density at radius 1 is 1.19 bits per heavy atom. The van der Waals surface area contributed by atoms with E-state index in [0.29, 0.717) is 16.5 Å². The van der Waals surface area contributed by atoms with Crippen molar-refractivity contribution in [1.29, 1.82) is 0 Å². The fraction of sp³-hybridized carbons (Fsp3) is 0.143. The van der Waals surface area contributed by atoms with Crippen LogP contribution in [0.1, 0.15) is 5.56 Å². The van der Waals surface area contributed by atoms with Crippen molar-refractivity contribution in [3.8, 4) is 5.75 Å². The van der Waals surface area contributed by atoms with Crippen molar-refractivity contribution in [2.75, 3.05) is 17.6 Å². The fourth-order valence-electron chi connectivity index (χ4n) is 1.82. The monoisotopic (exact) mass is 326 g/mol. The normalized spacial score (nSPS) is 11.2. The van der Waals surface area contributed by atoms with Crippen molar-refractivity contribution in [3.05, 3.63) is 47.0 Å². The average molecular weight is 327 g/mol. The molecule has 0 aromatic heterocycles. The van der Waals surface area contributed by atoms with Gasteiger partial charge in [0, 0.05) is 5.02 Å². The summed E-state index contributed by atoms with van der Waals surface area (Å²) in [5.74, 6) is 0.651. The Bertz CT molecular complexity index is 776. The first kappa shape index (κ1) is 15.5. The summed E-state index contributed by atoms with van der Waals surface area (Å²) in [6.45, 7) is 1.78. The van der Waals surface area contributed by atoms with Crippen LogP contribution in [0, 0.1) is 6.92 Å². The molecule has 0 aliphatic carbocycles. The van der Waals surface area contributed by atoms with Crippen LogP contribution in [0.3, 0.4) is 0 Å². The number of hydrogen-bond donors (Lipinski definition) is 2. The molecule has 0 radical (unpaired) electrons. The zero-order valence-corrected chi connectivity index (χ0v) is 13.1. The molecule has 7 heteroatoms. The zero-order chi connectivity index (χ0) is 15.6. The summed E-state index contributed by atoms with van der Waals surface area (Å²) >= 11 is 5.83. The predicted molar refractivity (Wildman–Crippen MR) is 84.4 cm³/mol. The second-order valence-corrected chi connectivity index (χ2v) is 6.56. The van der Waals surface area contributed by atoms with Gasteiger partial charge in [-0.1, -0.05) is 11.6 Å². The van der Waals surface area contributed by atoms with Crippen molar-refractivity contribution >= 4 is 33.0 Å². The summed E-state index contributed by atoms with van der Waals surface area (Å²) in [4.78, 5) is -0.0507. The number of benzene rings is 2. The van der Waals surface area contributed by atoms with Gasteiger partial charge >= 0.3 is 0 Å². The molecule has 0 atom stereocenters. The molecule has 2 rings (SSSR count). The maximum Gasteiger partial charge on any atom is 0.264 e. The smallest absolute Gasteiger partial charge is 0.264 e. The third kappa shape index (κ3) is 3.40. The molecule has 0 saturated carbocycles. The van der Waals surface area contributed by atoms with Gasteiger partial charge in [0.25, 0.3) is 10.0 Å². The number of sulfonamides is 1. The summed E-state index contributed by atoms with van der Waals surface area (Å²) in [5, 5.41) is 0.302. The van der Waals surface area contributed by atoms with E-state index in [1.54, 1.807) is 32.2 Å². The first-order chi connectivity index (χ1) is 9.83. The van der Waals surface area contributed by atoms with Crippen LogP contribution in [-0.2, 0) is 10.0 Å². The molecule has 2 aromatic carbocycles. The summed E-state index contributed by atoms with van der Waals surface area (Å²) < 4.78 is 32.4. The minimum absolute atomic E-state index is 0.0507. The van der Waals surface area contributed by atoms with Gasteiger partial charge in [-0.05, 0) is 48.9 Å². The van der Waals surface area contributed by atoms with E-state index in [4.69, 9.17) is 22.1 Å². The number of aryl methyl sites for hydroxylation is 1. The number of anilines is 2. The number of ether oxygens (including phenoxy) is 1. The largest absolute Gasteiger partial charge is 0.497 e. The highest BCUT2D eigenvalue weighted by Crippen LogP contribution is 2.27. The van der Waals surface area contributed by atoms with E-state index in [1.165, 1.54) is 18.2 Å². The SMILES string of the molecule is COc1ccc(NS(=O)(=O)c2cc(Cl)ccc2N)c(C)c1. The Hall–Kier alpha value is -1.92. The van der Waals surface area contributed by atoms with Crippen LogP contribution in [0.15, 0.2) is 41.3 Å². The molecule has 112 valence electrons. The molecule has 0 heterocycles. The van der Waals surface area contributed by atoms with Gasteiger partial charge in [-0.25, -0.2) is 8.42 Å². The summed E-state index contributed by atoms with van der Waals surface area (Å²) in [5.41, 5.74) is 7.04. The van der Waals surface area contributed by atoms with Crippen LogP contribution >= 0.6 is 11.6 Å². The lowest BCUT2D eigenvalue weighted by molar-refractivity contribution is 0.414. The van der Waals surface area contributed by atoms with Gasteiger partial charge < -0.3 is 10.5 Å². The van der Waals surface area contributed by atoms with E-state index in [-0.39, 0.29) is 10.6 Å². The standard InChI is InChI=1S/C14H15ClN2O3S/c1-9-7-11(20-2)4-6-13(9)17-21(18,19)14-8-10(15)3-5-12(14)16/h3-8,17H,16H2,1-2H3. The minimum Gasteiger partial charge on any atom is -0.497 e. The van der Waals surface area contributed by atoms with Crippen molar-refractivity contribution in [2.24, 2.45) is 0 Å². The third-order valence-electron chi connectivity index (χ3n) is 2.94. The van der Waals surface area contributed by atoms with Gasteiger partial charge in [0.15, 0.2) is 0 Å². The maximum absolute atomic E-state index is 12.4. The fourth-order valence-corrected chi connectivity index (χ4v) is 3.34. The lowest BCUT2D eigenvalue weighted by Crippen LogP contribution is -2.15. The third-order valence-corrected chi connectivity index (χ3v) is 4.60. The van der Waals surface area contributed by atoms with E-state index in [0.717, 1.165) is 5.56 Å². The van der Waals surface area contributed by atoms with E-state index in [1.807, 2.05) is 0 Å². The maximum atomic E-state index is 12.4. The number of nitrogens with two attached hydrogens (primary N) is 1. The zero-order valence-electron chi connectivity index (χ0n) is 11.6. The Morgan fingerprint density at radius 2 is 1.90 bits per heavy atom. The van der Waals surface area contributed by atoms with E-state index in [9.17, 15) is 8.42 Å². The Morgan fingerprint density at radius 3 is 2.52 bits per heavy atom. The van der Waals surface area contributed by atoms with Crippen molar-refractivity contribution in [2.45, 2.75) is 11.8 Å². The molecule has 0 fully saturated rings. The van der Waals surface area contributed by atoms with Crippen molar-refractivity contribution in [3.63, 3.8) is 0 Å². The van der Waals surface area contributed by atoms with Crippen LogP contribution in [0.5, 0.6) is 5.75 Å². The number of nitrogen functional groups attached to an aromatic ring is 1. The van der Waals surface area contributed by atoms with Crippen molar-refractivity contribution in [1.82, 2.24) is 0 Å².